The van der Waals surface area contributed by atoms with Crippen LogP contribution in [-0.2, 0) is 4.74 Å². The molecule has 1 aromatic heterocycles. The van der Waals surface area contributed by atoms with E-state index in [1.807, 2.05) is 18.7 Å². The Kier molecular flexibility index (Phi) is 5.55. The maximum absolute atomic E-state index is 11.9. The van der Waals surface area contributed by atoms with Crippen molar-refractivity contribution in [3.8, 4) is 0 Å². The van der Waals surface area contributed by atoms with Gasteiger partial charge in [0.2, 0.25) is 11.8 Å². The molecule has 0 bridgehead atoms. The summed E-state index contributed by atoms with van der Waals surface area (Å²) in [6.07, 6.45) is 1.72. The Morgan fingerprint density at radius 2 is 2.14 bits per heavy atom. The lowest BCUT2D eigenvalue weighted by Crippen LogP contribution is -2.44. The van der Waals surface area contributed by atoms with Crippen LogP contribution >= 0.6 is 0 Å². The van der Waals surface area contributed by atoms with E-state index in [0.29, 0.717) is 38.0 Å². The highest BCUT2D eigenvalue weighted by molar-refractivity contribution is 5.74. The van der Waals surface area contributed by atoms with E-state index in [0.717, 1.165) is 12.8 Å². The Labute approximate surface area is 125 Å². The van der Waals surface area contributed by atoms with Crippen molar-refractivity contribution >= 4 is 6.03 Å². The van der Waals surface area contributed by atoms with E-state index in [4.69, 9.17) is 9.15 Å². The van der Waals surface area contributed by atoms with Crippen LogP contribution in [-0.4, -0.2) is 54.5 Å². The fourth-order valence-electron chi connectivity index (χ4n) is 2.35. The number of carbonyl (C=O) groups excluding carboxylic acids is 1. The molecular weight excluding hydrogens is 272 g/mol. The predicted octanol–water partition coefficient (Wildman–Crippen LogP) is 1.73. The second-order valence-corrected chi connectivity index (χ2v) is 5.62. The normalized spacial score (nSPS) is 16.5. The van der Waals surface area contributed by atoms with Gasteiger partial charge in [-0.2, -0.15) is 0 Å². The highest BCUT2D eigenvalue weighted by Crippen LogP contribution is 2.28. The largest absolute Gasteiger partial charge is 0.425 e. The molecule has 0 saturated carbocycles. The van der Waals surface area contributed by atoms with Crippen LogP contribution in [0.3, 0.4) is 0 Å². The molecule has 1 aromatic rings. The van der Waals surface area contributed by atoms with Crippen molar-refractivity contribution in [2.24, 2.45) is 0 Å². The summed E-state index contributed by atoms with van der Waals surface area (Å²) in [7, 11) is 1.62. The first kappa shape index (κ1) is 15.8. The van der Waals surface area contributed by atoms with E-state index in [9.17, 15) is 4.79 Å². The van der Waals surface area contributed by atoms with Crippen molar-refractivity contribution in [3.63, 3.8) is 0 Å². The van der Waals surface area contributed by atoms with Gasteiger partial charge in [0.15, 0.2) is 0 Å². The SMILES string of the molecule is COCCNC(=O)N1CCC(c2nnc(C(C)C)o2)CC1. The molecule has 0 spiro atoms. The summed E-state index contributed by atoms with van der Waals surface area (Å²) >= 11 is 0. The number of nitrogens with zero attached hydrogens (tertiary/aromatic N) is 3. The summed E-state index contributed by atoms with van der Waals surface area (Å²) in [5.41, 5.74) is 0. The van der Waals surface area contributed by atoms with E-state index in [2.05, 4.69) is 15.5 Å². The molecule has 0 aliphatic carbocycles. The van der Waals surface area contributed by atoms with Crippen molar-refractivity contribution in [3.05, 3.63) is 11.8 Å². The molecule has 1 N–H and O–H groups in total. The number of hydrogen-bond acceptors (Lipinski definition) is 5. The van der Waals surface area contributed by atoms with Crippen molar-refractivity contribution in [1.82, 2.24) is 20.4 Å². The molecule has 1 aliphatic heterocycles. The molecule has 2 heterocycles. The van der Waals surface area contributed by atoms with E-state index in [1.165, 1.54) is 0 Å². The molecule has 1 aliphatic rings. The number of hydrogen-bond donors (Lipinski definition) is 1. The number of aromatic nitrogens is 2. The van der Waals surface area contributed by atoms with E-state index < -0.39 is 0 Å². The number of likely N-dealkylation sites (tertiary alicyclic amines) is 1. The number of nitrogens with one attached hydrogen (secondary N) is 1. The van der Waals surface area contributed by atoms with Crippen molar-refractivity contribution in [1.29, 1.82) is 0 Å². The molecule has 0 radical (unpaired) electrons. The zero-order chi connectivity index (χ0) is 15.2. The lowest BCUT2D eigenvalue weighted by Gasteiger charge is -2.30. The summed E-state index contributed by atoms with van der Waals surface area (Å²) < 4.78 is 10.6. The Morgan fingerprint density at radius 3 is 2.71 bits per heavy atom. The quantitative estimate of drug-likeness (QED) is 0.837. The third-order valence-electron chi connectivity index (χ3n) is 3.66. The predicted molar refractivity (Wildman–Crippen MR) is 77.2 cm³/mol. The zero-order valence-electron chi connectivity index (χ0n) is 13.0. The van der Waals surface area contributed by atoms with Gasteiger partial charge in [0.05, 0.1) is 6.61 Å². The van der Waals surface area contributed by atoms with Crippen LogP contribution < -0.4 is 5.32 Å². The number of ether oxygens (including phenoxy) is 1. The molecule has 2 rings (SSSR count). The van der Waals surface area contributed by atoms with Gasteiger partial charge in [0.1, 0.15) is 0 Å². The summed E-state index contributed by atoms with van der Waals surface area (Å²) in [5.74, 6) is 1.90. The molecule has 7 heteroatoms. The van der Waals surface area contributed by atoms with Crippen LogP contribution in [0.5, 0.6) is 0 Å². The number of urea groups is 1. The fraction of sp³-hybridized carbons (Fsp3) is 0.786. The topological polar surface area (TPSA) is 80.5 Å². The van der Waals surface area contributed by atoms with E-state index >= 15 is 0 Å². The van der Waals surface area contributed by atoms with Gasteiger partial charge in [-0.05, 0) is 12.8 Å². The van der Waals surface area contributed by atoms with Gasteiger partial charge < -0.3 is 19.4 Å². The smallest absolute Gasteiger partial charge is 0.317 e. The molecule has 7 nitrogen and oxygen atoms in total. The molecule has 0 unspecified atom stereocenters. The van der Waals surface area contributed by atoms with Gasteiger partial charge in [0.25, 0.3) is 0 Å². The highest BCUT2D eigenvalue weighted by Gasteiger charge is 2.27. The maximum atomic E-state index is 11.9. The van der Waals surface area contributed by atoms with Gasteiger partial charge in [-0.25, -0.2) is 4.79 Å². The third-order valence-corrected chi connectivity index (χ3v) is 3.66. The molecule has 21 heavy (non-hydrogen) atoms. The summed E-state index contributed by atoms with van der Waals surface area (Å²) in [6.45, 7) is 6.55. The minimum Gasteiger partial charge on any atom is -0.425 e. The summed E-state index contributed by atoms with van der Waals surface area (Å²) in [4.78, 5) is 13.7. The summed E-state index contributed by atoms with van der Waals surface area (Å²) in [6, 6.07) is -0.0288. The molecule has 2 amide bonds. The van der Waals surface area contributed by atoms with E-state index in [1.54, 1.807) is 7.11 Å². The Bertz CT molecular complexity index is 453. The number of methoxy groups -OCH3 is 1. The van der Waals surface area contributed by atoms with Crippen LogP contribution in [0.15, 0.2) is 4.42 Å². The number of carbonyl (C=O) groups is 1. The maximum Gasteiger partial charge on any atom is 0.317 e. The van der Waals surface area contributed by atoms with Crippen LogP contribution in [0.25, 0.3) is 0 Å². The third kappa shape index (κ3) is 4.17. The van der Waals surface area contributed by atoms with Gasteiger partial charge in [0, 0.05) is 38.6 Å². The second kappa shape index (κ2) is 7.40. The number of rotatable bonds is 5. The molecule has 0 aromatic carbocycles. The average Bonchev–Trinajstić information content (AvgIpc) is 2.97. The first-order valence-corrected chi connectivity index (χ1v) is 7.46. The van der Waals surface area contributed by atoms with Crippen LogP contribution in [0.4, 0.5) is 4.79 Å². The monoisotopic (exact) mass is 296 g/mol. The minimum absolute atomic E-state index is 0.0288. The van der Waals surface area contributed by atoms with Gasteiger partial charge in [-0.1, -0.05) is 13.8 Å². The lowest BCUT2D eigenvalue weighted by molar-refractivity contribution is 0.166. The molecular formula is C14H24N4O3. The second-order valence-electron chi connectivity index (χ2n) is 5.62. The first-order chi connectivity index (χ1) is 10.1. The lowest BCUT2D eigenvalue weighted by atomic mass is 9.97. The zero-order valence-corrected chi connectivity index (χ0v) is 13.0. The number of piperidine rings is 1. The Hall–Kier alpha value is -1.63. The van der Waals surface area contributed by atoms with Crippen molar-refractivity contribution < 1.29 is 13.9 Å². The van der Waals surface area contributed by atoms with Gasteiger partial charge in [-0.3, -0.25) is 0 Å². The summed E-state index contributed by atoms with van der Waals surface area (Å²) in [5, 5.41) is 11.0. The molecule has 1 saturated heterocycles. The molecule has 118 valence electrons. The molecule has 0 atom stereocenters. The number of amides is 2. The Balaban J connectivity index is 1.80. The average molecular weight is 296 g/mol. The van der Waals surface area contributed by atoms with Crippen LogP contribution in [0.2, 0.25) is 0 Å². The Morgan fingerprint density at radius 1 is 1.43 bits per heavy atom. The van der Waals surface area contributed by atoms with Crippen LogP contribution in [0.1, 0.15) is 50.3 Å². The van der Waals surface area contributed by atoms with E-state index in [-0.39, 0.29) is 17.9 Å². The van der Waals surface area contributed by atoms with Crippen molar-refractivity contribution in [2.45, 2.75) is 38.5 Å². The van der Waals surface area contributed by atoms with Gasteiger partial charge >= 0.3 is 6.03 Å². The van der Waals surface area contributed by atoms with Gasteiger partial charge in [-0.15, -0.1) is 10.2 Å². The standard InChI is InChI=1S/C14H24N4O3/c1-10(2)12-16-17-13(21-12)11-4-7-18(8-5-11)14(19)15-6-9-20-3/h10-11H,4-9H2,1-3H3,(H,15,19). The van der Waals surface area contributed by atoms with Crippen LogP contribution in [0, 0.1) is 0 Å². The van der Waals surface area contributed by atoms with Crippen molar-refractivity contribution in [2.75, 3.05) is 33.4 Å². The fourth-order valence-corrected chi connectivity index (χ4v) is 2.35. The minimum atomic E-state index is -0.0288. The highest BCUT2D eigenvalue weighted by atomic mass is 16.5. The molecule has 1 fully saturated rings. The first-order valence-electron chi connectivity index (χ1n) is 7.46.